The summed E-state index contributed by atoms with van der Waals surface area (Å²) < 4.78 is 5.58. The van der Waals surface area contributed by atoms with Gasteiger partial charge in [-0.3, -0.25) is 4.99 Å². The van der Waals surface area contributed by atoms with Gasteiger partial charge in [-0.15, -0.1) is 0 Å². The first kappa shape index (κ1) is 12.3. The number of aliphatic imine (C=N–C) groups is 1. The van der Waals surface area contributed by atoms with Crippen LogP contribution in [0.25, 0.3) is 0 Å². The lowest BCUT2D eigenvalue weighted by Gasteiger charge is -2.25. The SMILES string of the molecule is CN=C(NCC1CC1C)N1CCC2(CCOC2)C1. The Hall–Kier alpha value is -0.770. The average Bonchev–Trinajstić information content (AvgIpc) is 2.83. The van der Waals surface area contributed by atoms with Gasteiger partial charge in [0, 0.05) is 38.7 Å². The molecule has 0 aromatic rings. The van der Waals surface area contributed by atoms with Gasteiger partial charge in [0.25, 0.3) is 0 Å². The Balaban J connectivity index is 1.53. The van der Waals surface area contributed by atoms with E-state index in [2.05, 4.69) is 22.1 Å². The molecule has 3 aliphatic rings. The summed E-state index contributed by atoms with van der Waals surface area (Å²) in [5.41, 5.74) is 0.421. The van der Waals surface area contributed by atoms with Crippen LogP contribution in [0, 0.1) is 17.3 Å². The van der Waals surface area contributed by atoms with Crippen LogP contribution in [0.15, 0.2) is 4.99 Å². The van der Waals surface area contributed by atoms with E-state index in [-0.39, 0.29) is 0 Å². The van der Waals surface area contributed by atoms with Crippen molar-refractivity contribution in [3.63, 3.8) is 0 Å². The van der Waals surface area contributed by atoms with Crippen LogP contribution in [0.5, 0.6) is 0 Å². The summed E-state index contributed by atoms with van der Waals surface area (Å²) in [5, 5.41) is 3.55. The number of guanidine groups is 1. The molecule has 3 rings (SSSR count). The van der Waals surface area contributed by atoms with Gasteiger partial charge in [-0.1, -0.05) is 6.92 Å². The quantitative estimate of drug-likeness (QED) is 0.594. The number of hydrogen-bond donors (Lipinski definition) is 1. The molecule has 0 aromatic heterocycles. The minimum Gasteiger partial charge on any atom is -0.381 e. The van der Waals surface area contributed by atoms with Crippen LogP contribution < -0.4 is 5.32 Å². The van der Waals surface area contributed by atoms with Gasteiger partial charge in [0.2, 0.25) is 0 Å². The van der Waals surface area contributed by atoms with E-state index >= 15 is 0 Å². The van der Waals surface area contributed by atoms with Gasteiger partial charge in [-0.2, -0.15) is 0 Å². The van der Waals surface area contributed by atoms with E-state index in [1.165, 1.54) is 19.3 Å². The zero-order valence-corrected chi connectivity index (χ0v) is 11.6. The first-order chi connectivity index (χ1) is 8.72. The van der Waals surface area contributed by atoms with E-state index < -0.39 is 0 Å². The highest BCUT2D eigenvalue weighted by Crippen LogP contribution is 2.39. The third-order valence-electron chi connectivity index (χ3n) is 4.93. The van der Waals surface area contributed by atoms with Crippen molar-refractivity contribution < 1.29 is 4.74 Å². The number of likely N-dealkylation sites (tertiary alicyclic amines) is 1. The lowest BCUT2D eigenvalue weighted by atomic mass is 9.87. The molecule has 1 N–H and O–H groups in total. The second-order valence-corrected chi connectivity index (χ2v) is 6.38. The molecule has 4 heteroatoms. The topological polar surface area (TPSA) is 36.9 Å². The summed E-state index contributed by atoms with van der Waals surface area (Å²) in [4.78, 5) is 6.86. The van der Waals surface area contributed by atoms with Gasteiger partial charge in [0.1, 0.15) is 0 Å². The Morgan fingerprint density at radius 3 is 2.94 bits per heavy atom. The molecule has 2 saturated heterocycles. The van der Waals surface area contributed by atoms with Crippen LogP contribution in [-0.4, -0.2) is 50.8 Å². The van der Waals surface area contributed by atoms with E-state index in [0.29, 0.717) is 5.41 Å². The molecule has 3 atom stereocenters. The molecule has 1 saturated carbocycles. The van der Waals surface area contributed by atoms with E-state index in [1.807, 2.05) is 7.05 Å². The fourth-order valence-electron chi connectivity index (χ4n) is 3.33. The zero-order chi connectivity index (χ0) is 12.6. The molecule has 4 nitrogen and oxygen atoms in total. The van der Waals surface area contributed by atoms with E-state index in [0.717, 1.165) is 50.6 Å². The van der Waals surface area contributed by atoms with Gasteiger partial charge < -0.3 is 15.0 Å². The third-order valence-corrected chi connectivity index (χ3v) is 4.93. The van der Waals surface area contributed by atoms with Crippen molar-refractivity contribution in [2.24, 2.45) is 22.2 Å². The van der Waals surface area contributed by atoms with Crippen LogP contribution in [0.1, 0.15) is 26.2 Å². The normalized spacial score (nSPS) is 39.7. The molecule has 18 heavy (non-hydrogen) atoms. The number of ether oxygens (including phenoxy) is 1. The zero-order valence-electron chi connectivity index (χ0n) is 11.6. The monoisotopic (exact) mass is 251 g/mol. The molecule has 1 aliphatic carbocycles. The Labute approximate surface area is 110 Å². The molecule has 0 radical (unpaired) electrons. The van der Waals surface area contributed by atoms with E-state index in [9.17, 15) is 0 Å². The van der Waals surface area contributed by atoms with Crippen molar-refractivity contribution in [3.8, 4) is 0 Å². The highest BCUT2D eigenvalue weighted by atomic mass is 16.5. The van der Waals surface area contributed by atoms with Crippen LogP contribution >= 0.6 is 0 Å². The van der Waals surface area contributed by atoms with Crippen molar-refractivity contribution in [1.29, 1.82) is 0 Å². The second-order valence-electron chi connectivity index (χ2n) is 6.38. The number of nitrogens with zero attached hydrogens (tertiary/aromatic N) is 2. The van der Waals surface area contributed by atoms with E-state index in [4.69, 9.17) is 4.74 Å². The highest BCUT2D eigenvalue weighted by Gasteiger charge is 2.42. The Morgan fingerprint density at radius 2 is 2.33 bits per heavy atom. The molecule has 2 heterocycles. The van der Waals surface area contributed by atoms with Crippen LogP contribution in [-0.2, 0) is 4.74 Å². The summed E-state index contributed by atoms with van der Waals surface area (Å²) in [5.74, 6) is 2.87. The summed E-state index contributed by atoms with van der Waals surface area (Å²) in [7, 11) is 1.90. The fourth-order valence-corrected chi connectivity index (χ4v) is 3.33. The van der Waals surface area contributed by atoms with Gasteiger partial charge >= 0.3 is 0 Å². The smallest absolute Gasteiger partial charge is 0.193 e. The lowest BCUT2D eigenvalue weighted by Crippen LogP contribution is -2.42. The molecular formula is C14H25N3O. The molecule has 0 amide bonds. The minimum atomic E-state index is 0.421. The standard InChI is InChI=1S/C14H25N3O/c1-11-7-12(11)8-16-13(15-2)17-5-3-14(9-17)4-6-18-10-14/h11-12H,3-10H2,1-2H3,(H,15,16). The predicted molar refractivity (Wildman–Crippen MR) is 72.7 cm³/mol. The summed E-state index contributed by atoms with van der Waals surface area (Å²) in [6, 6.07) is 0. The van der Waals surface area contributed by atoms with Gasteiger partial charge in [-0.25, -0.2) is 0 Å². The first-order valence-electron chi connectivity index (χ1n) is 7.26. The second kappa shape index (κ2) is 4.72. The third kappa shape index (κ3) is 2.35. The van der Waals surface area contributed by atoms with Crippen molar-refractivity contribution in [2.45, 2.75) is 26.2 Å². The molecule has 3 unspecified atom stereocenters. The molecule has 0 bridgehead atoms. The molecule has 3 fully saturated rings. The Kier molecular flexibility index (Phi) is 3.22. The number of nitrogens with one attached hydrogen (secondary N) is 1. The first-order valence-corrected chi connectivity index (χ1v) is 7.26. The van der Waals surface area contributed by atoms with Crippen molar-refractivity contribution in [3.05, 3.63) is 0 Å². The predicted octanol–water partition coefficient (Wildman–Crippen LogP) is 1.33. The van der Waals surface area contributed by atoms with Gasteiger partial charge in [0.05, 0.1) is 6.61 Å². The number of hydrogen-bond acceptors (Lipinski definition) is 2. The molecule has 102 valence electrons. The fraction of sp³-hybridized carbons (Fsp3) is 0.929. The van der Waals surface area contributed by atoms with E-state index in [1.54, 1.807) is 0 Å². The molecule has 2 aliphatic heterocycles. The summed E-state index contributed by atoms with van der Waals surface area (Å²) in [6.45, 7) is 7.55. The summed E-state index contributed by atoms with van der Waals surface area (Å²) >= 11 is 0. The van der Waals surface area contributed by atoms with Crippen LogP contribution in [0.4, 0.5) is 0 Å². The largest absolute Gasteiger partial charge is 0.381 e. The molecule has 0 aromatic carbocycles. The molecular weight excluding hydrogens is 226 g/mol. The van der Waals surface area contributed by atoms with Crippen LogP contribution in [0.2, 0.25) is 0 Å². The maximum atomic E-state index is 5.58. The maximum Gasteiger partial charge on any atom is 0.193 e. The van der Waals surface area contributed by atoms with Gasteiger partial charge in [0.15, 0.2) is 5.96 Å². The maximum absolute atomic E-state index is 5.58. The molecule has 1 spiro atoms. The van der Waals surface area contributed by atoms with Gasteiger partial charge in [-0.05, 0) is 31.1 Å². The van der Waals surface area contributed by atoms with Crippen LogP contribution in [0.3, 0.4) is 0 Å². The summed E-state index contributed by atoms with van der Waals surface area (Å²) in [6.07, 6.45) is 3.86. The Bertz CT molecular complexity index is 336. The van der Waals surface area contributed by atoms with Crippen molar-refractivity contribution in [2.75, 3.05) is 39.9 Å². The van der Waals surface area contributed by atoms with Crippen molar-refractivity contribution in [1.82, 2.24) is 10.2 Å². The Morgan fingerprint density at radius 1 is 1.50 bits per heavy atom. The minimum absolute atomic E-state index is 0.421. The highest BCUT2D eigenvalue weighted by molar-refractivity contribution is 5.80. The number of rotatable bonds is 2. The lowest BCUT2D eigenvalue weighted by molar-refractivity contribution is 0.156. The average molecular weight is 251 g/mol. The van der Waals surface area contributed by atoms with Crippen molar-refractivity contribution >= 4 is 5.96 Å².